The van der Waals surface area contributed by atoms with E-state index in [9.17, 15) is 0 Å². The Balaban J connectivity index is 1.85. The average molecular weight is 377 g/mol. The number of ether oxygens (including phenoxy) is 2. The molecule has 6 nitrogen and oxygen atoms in total. The number of piperidine rings is 1. The van der Waals surface area contributed by atoms with Crippen LogP contribution >= 0.6 is 0 Å². The molecule has 152 valence electrons. The van der Waals surface area contributed by atoms with Crippen molar-refractivity contribution in [3.05, 3.63) is 24.3 Å². The summed E-state index contributed by atoms with van der Waals surface area (Å²) in [6.07, 6.45) is 2.28. The molecule has 1 aliphatic heterocycles. The Morgan fingerprint density at radius 1 is 1.22 bits per heavy atom. The fraction of sp³-hybridized carbons (Fsp3) is 0.667. The predicted molar refractivity (Wildman–Crippen MR) is 112 cm³/mol. The average Bonchev–Trinajstić information content (AvgIpc) is 2.67. The van der Waals surface area contributed by atoms with Gasteiger partial charge in [0, 0.05) is 37.8 Å². The third-order valence-corrected chi connectivity index (χ3v) is 4.83. The zero-order valence-corrected chi connectivity index (χ0v) is 17.5. The van der Waals surface area contributed by atoms with E-state index in [2.05, 4.69) is 36.3 Å². The summed E-state index contributed by atoms with van der Waals surface area (Å²) in [5.74, 6) is 2.48. The monoisotopic (exact) mass is 376 g/mol. The van der Waals surface area contributed by atoms with Crippen LogP contribution in [0.25, 0.3) is 0 Å². The van der Waals surface area contributed by atoms with E-state index in [-0.39, 0.29) is 6.10 Å². The van der Waals surface area contributed by atoms with Crippen molar-refractivity contribution in [2.45, 2.75) is 58.7 Å². The molecule has 2 N–H and O–H groups in total. The molecule has 6 heteroatoms. The maximum atomic E-state index is 5.97. The lowest BCUT2D eigenvalue weighted by atomic mass is 10.0. The molecule has 0 saturated carbocycles. The molecule has 0 amide bonds. The quantitative estimate of drug-likeness (QED) is 0.540. The molecule has 1 aromatic carbocycles. The second-order valence-corrected chi connectivity index (χ2v) is 7.38. The first-order chi connectivity index (χ1) is 13.0. The lowest BCUT2D eigenvalue weighted by Gasteiger charge is -2.35. The lowest BCUT2D eigenvalue weighted by Crippen LogP contribution is -2.50. The van der Waals surface area contributed by atoms with Gasteiger partial charge >= 0.3 is 0 Å². The van der Waals surface area contributed by atoms with Crippen molar-refractivity contribution in [2.75, 3.05) is 33.3 Å². The second-order valence-electron chi connectivity index (χ2n) is 7.38. The fourth-order valence-electron chi connectivity index (χ4n) is 3.24. The van der Waals surface area contributed by atoms with Gasteiger partial charge in [0.05, 0.1) is 13.7 Å². The minimum atomic E-state index is -0.0182. The molecule has 1 aromatic rings. The molecule has 1 unspecified atom stereocenters. The fourth-order valence-corrected chi connectivity index (χ4v) is 3.24. The Kier molecular flexibility index (Phi) is 8.72. The Labute approximate surface area is 164 Å². The van der Waals surface area contributed by atoms with Crippen LogP contribution in [0.2, 0.25) is 0 Å². The minimum Gasteiger partial charge on any atom is -0.497 e. The van der Waals surface area contributed by atoms with Gasteiger partial charge in [-0.25, -0.2) is 4.99 Å². The topological polar surface area (TPSA) is 58.1 Å². The van der Waals surface area contributed by atoms with E-state index >= 15 is 0 Å². The summed E-state index contributed by atoms with van der Waals surface area (Å²) in [5.41, 5.74) is 0. The highest BCUT2D eigenvalue weighted by Gasteiger charge is 2.21. The van der Waals surface area contributed by atoms with Gasteiger partial charge in [0.25, 0.3) is 0 Å². The van der Waals surface area contributed by atoms with Gasteiger partial charge in [-0.15, -0.1) is 0 Å². The van der Waals surface area contributed by atoms with E-state index < -0.39 is 0 Å². The molecule has 0 aromatic heterocycles. The summed E-state index contributed by atoms with van der Waals surface area (Å²) in [6.45, 7) is 12.4. The third-order valence-electron chi connectivity index (χ3n) is 4.83. The van der Waals surface area contributed by atoms with Crippen LogP contribution in [0.1, 0.15) is 40.5 Å². The zero-order chi connectivity index (χ0) is 19.6. The van der Waals surface area contributed by atoms with Crippen LogP contribution in [-0.4, -0.2) is 62.3 Å². The number of hydrogen-bond donors (Lipinski definition) is 2. The van der Waals surface area contributed by atoms with E-state index in [1.165, 1.54) is 0 Å². The SMILES string of the molecule is CCNC(=NCC(C)Oc1cccc(OC)c1)NC1CCN(C(C)C)CC1. The van der Waals surface area contributed by atoms with Crippen LogP contribution in [0.4, 0.5) is 0 Å². The number of nitrogens with zero attached hydrogens (tertiary/aromatic N) is 2. The van der Waals surface area contributed by atoms with Crippen LogP contribution in [0.15, 0.2) is 29.3 Å². The van der Waals surface area contributed by atoms with Gasteiger partial charge in [-0.05, 0) is 52.7 Å². The summed E-state index contributed by atoms with van der Waals surface area (Å²) >= 11 is 0. The highest BCUT2D eigenvalue weighted by Crippen LogP contribution is 2.20. The molecule has 0 aliphatic carbocycles. The number of likely N-dealkylation sites (tertiary alicyclic amines) is 1. The first kappa shape index (κ1) is 21.4. The minimum absolute atomic E-state index is 0.0182. The summed E-state index contributed by atoms with van der Waals surface area (Å²) < 4.78 is 11.2. The Morgan fingerprint density at radius 2 is 1.93 bits per heavy atom. The van der Waals surface area contributed by atoms with Crippen molar-refractivity contribution in [3.63, 3.8) is 0 Å². The summed E-state index contributed by atoms with van der Waals surface area (Å²) in [7, 11) is 1.66. The van der Waals surface area contributed by atoms with Crippen molar-refractivity contribution in [2.24, 2.45) is 4.99 Å². The molecule has 0 radical (unpaired) electrons. The molecule has 1 atom stereocenters. The molecule has 1 aliphatic rings. The molecular formula is C21H36N4O2. The largest absolute Gasteiger partial charge is 0.497 e. The van der Waals surface area contributed by atoms with Crippen molar-refractivity contribution < 1.29 is 9.47 Å². The molecule has 1 heterocycles. The van der Waals surface area contributed by atoms with Crippen molar-refractivity contribution in [1.29, 1.82) is 0 Å². The first-order valence-electron chi connectivity index (χ1n) is 10.1. The lowest BCUT2D eigenvalue weighted by molar-refractivity contribution is 0.167. The maximum absolute atomic E-state index is 5.97. The van der Waals surface area contributed by atoms with Crippen molar-refractivity contribution in [3.8, 4) is 11.5 Å². The smallest absolute Gasteiger partial charge is 0.191 e. The second kappa shape index (κ2) is 11.0. The Morgan fingerprint density at radius 3 is 2.56 bits per heavy atom. The normalized spacial score (nSPS) is 17.6. The van der Waals surface area contributed by atoms with Gasteiger partial charge < -0.3 is 25.0 Å². The van der Waals surface area contributed by atoms with E-state index in [0.717, 1.165) is 49.9 Å². The van der Waals surface area contributed by atoms with Crippen LogP contribution in [0.3, 0.4) is 0 Å². The number of rotatable bonds is 8. The van der Waals surface area contributed by atoms with E-state index in [0.29, 0.717) is 18.6 Å². The van der Waals surface area contributed by atoms with Crippen molar-refractivity contribution >= 4 is 5.96 Å². The number of hydrogen-bond acceptors (Lipinski definition) is 4. The molecular weight excluding hydrogens is 340 g/mol. The highest BCUT2D eigenvalue weighted by atomic mass is 16.5. The van der Waals surface area contributed by atoms with E-state index in [4.69, 9.17) is 14.5 Å². The van der Waals surface area contributed by atoms with E-state index in [1.54, 1.807) is 7.11 Å². The number of methoxy groups -OCH3 is 1. The van der Waals surface area contributed by atoms with Crippen LogP contribution in [0, 0.1) is 0 Å². The predicted octanol–water partition coefficient (Wildman–Crippen LogP) is 2.89. The maximum Gasteiger partial charge on any atom is 0.191 e. The Bertz CT molecular complexity index is 583. The highest BCUT2D eigenvalue weighted by molar-refractivity contribution is 5.80. The molecule has 0 spiro atoms. The van der Waals surface area contributed by atoms with E-state index in [1.807, 2.05) is 31.2 Å². The summed E-state index contributed by atoms with van der Waals surface area (Å²) in [4.78, 5) is 7.26. The van der Waals surface area contributed by atoms with Gasteiger partial charge in [-0.2, -0.15) is 0 Å². The first-order valence-corrected chi connectivity index (χ1v) is 10.1. The van der Waals surface area contributed by atoms with Gasteiger partial charge in [-0.3, -0.25) is 0 Å². The number of aliphatic imine (C=N–C) groups is 1. The molecule has 2 rings (SSSR count). The molecule has 27 heavy (non-hydrogen) atoms. The molecule has 0 bridgehead atoms. The van der Waals surface area contributed by atoms with Gasteiger partial charge in [0.15, 0.2) is 5.96 Å². The molecule has 1 fully saturated rings. The summed E-state index contributed by atoms with van der Waals surface area (Å²) in [6, 6.07) is 8.78. The van der Waals surface area contributed by atoms with Crippen LogP contribution in [0.5, 0.6) is 11.5 Å². The van der Waals surface area contributed by atoms with Gasteiger partial charge in [0.1, 0.15) is 17.6 Å². The van der Waals surface area contributed by atoms with Crippen LogP contribution < -0.4 is 20.1 Å². The number of nitrogens with one attached hydrogen (secondary N) is 2. The summed E-state index contributed by atoms with van der Waals surface area (Å²) in [5, 5.41) is 6.94. The third kappa shape index (κ3) is 7.29. The van der Waals surface area contributed by atoms with Crippen LogP contribution in [-0.2, 0) is 0 Å². The Hall–Kier alpha value is -1.95. The van der Waals surface area contributed by atoms with Gasteiger partial charge in [-0.1, -0.05) is 6.07 Å². The number of guanidine groups is 1. The number of benzene rings is 1. The standard InChI is InChI=1S/C21H36N4O2/c1-6-22-21(24-18-10-12-25(13-11-18)16(2)3)23-15-17(4)27-20-9-7-8-19(14-20)26-5/h7-9,14,16-18H,6,10-13,15H2,1-5H3,(H2,22,23,24). The van der Waals surface area contributed by atoms with Gasteiger partial charge in [0.2, 0.25) is 0 Å². The molecule has 1 saturated heterocycles. The van der Waals surface area contributed by atoms with Crippen molar-refractivity contribution in [1.82, 2.24) is 15.5 Å². The zero-order valence-electron chi connectivity index (χ0n) is 17.5.